The van der Waals surface area contributed by atoms with Gasteiger partial charge in [-0.15, -0.1) is 0 Å². The molecule has 0 saturated carbocycles. The number of nitrogens with two attached hydrogens (primary N) is 6. The van der Waals surface area contributed by atoms with Crippen molar-refractivity contribution in [3.8, 4) is 0 Å². The molecule has 2 rings (SSSR count). The van der Waals surface area contributed by atoms with E-state index in [2.05, 4.69) is 47.9 Å². The molecule has 29 nitrogen and oxygen atoms in total. The first-order chi connectivity index (χ1) is 41.8. The number of rotatable bonds is 32. The number of hydrogen-bond acceptors (Lipinski definition) is 20. The normalized spacial score (nSPS) is 21.6. The monoisotopic (exact) mass is 1280 g/mol. The number of benzene rings is 1. The van der Waals surface area contributed by atoms with E-state index in [1.807, 2.05) is 13.8 Å². The van der Waals surface area contributed by atoms with Crippen molar-refractivity contribution in [3.63, 3.8) is 0 Å². The minimum Gasteiger partial charge on any atom is -0.481 e. The number of carboxylic acids is 2. The van der Waals surface area contributed by atoms with Crippen LogP contribution in [0.2, 0.25) is 0 Å². The highest BCUT2D eigenvalue weighted by Gasteiger charge is 2.37. The van der Waals surface area contributed by atoms with Crippen LogP contribution in [0.4, 0.5) is 0 Å². The van der Waals surface area contributed by atoms with Gasteiger partial charge in [-0.05, 0) is 147 Å². The second kappa shape index (κ2) is 46.0. The summed E-state index contributed by atoms with van der Waals surface area (Å²) in [5.41, 5.74) is 35.5. The lowest BCUT2D eigenvalue weighted by Crippen LogP contribution is -2.61. The van der Waals surface area contributed by atoms with E-state index in [9.17, 15) is 58.2 Å². The molecule has 0 spiro atoms. The third-order valence-electron chi connectivity index (χ3n) is 13.7. The molecule has 0 aromatic heterocycles. The van der Waals surface area contributed by atoms with Crippen LogP contribution in [-0.4, -0.2) is 191 Å². The summed E-state index contributed by atoms with van der Waals surface area (Å²) in [4.78, 5) is 150. The molecule has 1 aliphatic heterocycles. The van der Waals surface area contributed by atoms with Crippen LogP contribution >= 0.6 is 21.6 Å². The van der Waals surface area contributed by atoms with Crippen molar-refractivity contribution in [3.05, 3.63) is 35.9 Å². The van der Waals surface area contributed by atoms with Crippen LogP contribution in [0.15, 0.2) is 30.3 Å². The Bertz CT molecular complexity index is 2310. The van der Waals surface area contributed by atoms with E-state index in [1.54, 1.807) is 30.3 Å². The summed E-state index contributed by atoms with van der Waals surface area (Å²) in [6, 6.07) is -4.82. The first kappa shape index (κ1) is 79.8. The number of hydrogen-bond donors (Lipinski definition) is 18. The van der Waals surface area contributed by atoms with Crippen molar-refractivity contribution in [2.24, 2.45) is 40.3 Å². The molecule has 1 aliphatic rings. The van der Waals surface area contributed by atoms with Crippen LogP contribution in [0.3, 0.4) is 0 Å². The van der Waals surface area contributed by atoms with E-state index < -0.39 is 132 Å². The van der Waals surface area contributed by atoms with Crippen molar-refractivity contribution in [2.45, 2.75) is 203 Å². The molecule has 11 unspecified atom stereocenters. The van der Waals surface area contributed by atoms with E-state index in [0.29, 0.717) is 76.3 Å². The molecule has 24 N–H and O–H groups in total. The lowest BCUT2D eigenvalue weighted by molar-refractivity contribution is -0.141. The molecule has 9 amide bonds. The fourth-order valence-corrected chi connectivity index (χ4v) is 11.2. The zero-order valence-electron chi connectivity index (χ0n) is 51.4. The molecular weight excluding hydrogens is 1180 g/mol. The molecule has 0 radical (unpaired) electrons. The molecule has 500 valence electrons. The average Bonchev–Trinajstić information content (AvgIpc) is 3.68. The van der Waals surface area contributed by atoms with Crippen LogP contribution in [0.1, 0.15) is 136 Å². The van der Waals surface area contributed by atoms with Gasteiger partial charge in [-0.25, -0.2) is 4.79 Å². The fourth-order valence-electron chi connectivity index (χ4n) is 8.87. The zero-order valence-corrected chi connectivity index (χ0v) is 53.0. The Kier molecular flexibility index (Phi) is 41.7. The summed E-state index contributed by atoms with van der Waals surface area (Å²) in [6.45, 7) is 7.38. The molecule has 1 heterocycles. The SMILES string of the molecule is CC(=O)O.CC(C)CC1NC(=O)C(Cc2ccccc2)NC(=O)C(CCCCN)NC(=O)C(NC(=O)C(CCCCN)NC(=O)C(NC(=O)C(N)CCCCN)C(C)O)CSSCC(C(=O)O)NC(=O)C(CCCCN)NC(=O)C(CCCCN)NC1=O. The molecule has 11 atom stereocenters. The molecule has 0 bridgehead atoms. The number of aliphatic hydroxyl groups excluding tert-OH is 1. The van der Waals surface area contributed by atoms with E-state index in [0.717, 1.165) is 28.5 Å². The lowest BCUT2D eigenvalue weighted by Gasteiger charge is -2.29. The number of carbonyl (C=O) groups excluding carboxylic acids is 9. The van der Waals surface area contributed by atoms with Gasteiger partial charge in [-0.2, -0.15) is 0 Å². The summed E-state index contributed by atoms with van der Waals surface area (Å²) >= 11 is 0. The second-order valence-electron chi connectivity index (χ2n) is 22.0. The molecular formula is C57H101N15O14S2. The Hall–Kier alpha value is -6.19. The standard InChI is InChI=1S/C55H97N15O12S2.C2H4O2/c1-33(2)29-41-51(77)63-37(20-8-13-25-57)47(73)62-39(22-10-15-27-59)50(76)69-44(55(81)82)32-84-83-31-43(53(79)64-38(21-9-14-26-58)48(74)67-42(52(78)66-41)30-35-17-5-4-6-18-35)68-49(75)40(23-11-16-28-60)65-54(80)45(34(3)71)70-46(72)36(61)19-7-12-24-56;1-2(3)4/h4-6,17-18,33-34,36-45,71H,7-16,19-32,56-61H2,1-3H3,(H,62,73)(H,63,77)(H,64,79)(H,65,80)(H,66,78)(H,67,74)(H,68,75)(H,69,76)(H,70,72)(H,81,82);1H3,(H,3,4). The summed E-state index contributed by atoms with van der Waals surface area (Å²) in [6.07, 6.45) is 3.17. The van der Waals surface area contributed by atoms with Crippen LogP contribution < -0.4 is 82.3 Å². The molecule has 0 aliphatic carbocycles. The van der Waals surface area contributed by atoms with Crippen LogP contribution in [0.25, 0.3) is 0 Å². The quantitative estimate of drug-likeness (QED) is 0.0263. The van der Waals surface area contributed by atoms with Gasteiger partial charge in [0.2, 0.25) is 53.2 Å². The number of aliphatic hydroxyl groups is 1. The van der Waals surface area contributed by atoms with E-state index in [-0.39, 0.29) is 88.5 Å². The van der Waals surface area contributed by atoms with Crippen molar-refractivity contribution in [1.82, 2.24) is 47.9 Å². The van der Waals surface area contributed by atoms with Gasteiger partial charge in [0.15, 0.2) is 0 Å². The summed E-state index contributed by atoms with van der Waals surface area (Å²) in [5.74, 6) is -10.4. The van der Waals surface area contributed by atoms with Crippen molar-refractivity contribution >= 4 is 86.7 Å². The van der Waals surface area contributed by atoms with Gasteiger partial charge in [-0.3, -0.25) is 47.9 Å². The number of aliphatic carboxylic acids is 2. The Morgan fingerprint density at radius 2 is 0.966 bits per heavy atom. The predicted octanol–water partition coefficient (Wildman–Crippen LogP) is -2.44. The highest BCUT2D eigenvalue weighted by atomic mass is 33.1. The Morgan fingerprint density at radius 3 is 1.44 bits per heavy atom. The molecule has 31 heteroatoms. The topological polar surface area (TPSA) is 513 Å². The second-order valence-corrected chi connectivity index (χ2v) is 24.5. The van der Waals surface area contributed by atoms with Gasteiger partial charge in [-0.1, -0.05) is 72.2 Å². The van der Waals surface area contributed by atoms with E-state index in [1.165, 1.54) is 6.92 Å². The number of amides is 9. The number of carboxylic acid groups (broad SMARTS) is 2. The Balaban J connectivity index is 0.00000937. The van der Waals surface area contributed by atoms with Gasteiger partial charge in [0.25, 0.3) is 5.97 Å². The number of nitrogens with one attached hydrogen (secondary N) is 9. The first-order valence-corrected chi connectivity index (χ1v) is 32.7. The molecule has 1 aromatic carbocycles. The average molecular weight is 1280 g/mol. The van der Waals surface area contributed by atoms with Gasteiger partial charge in [0.05, 0.1) is 12.1 Å². The summed E-state index contributed by atoms with van der Waals surface area (Å²) in [5, 5.41) is 52.5. The first-order valence-electron chi connectivity index (χ1n) is 30.2. The summed E-state index contributed by atoms with van der Waals surface area (Å²) in [7, 11) is 1.86. The maximum absolute atomic E-state index is 14.7. The Morgan fingerprint density at radius 1 is 0.545 bits per heavy atom. The molecule has 1 fully saturated rings. The van der Waals surface area contributed by atoms with Crippen LogP contribution in [0.5, 0.6) is 0 Å². The number of carbonyl (C=O) groups is 11. The highest BCUT2D eigenvalue weighted by molar-refractivity contribution is 8.76. The largest absolute Gasteiger partial charge is 0.481 e. The maximum Gasteiger partial charge on any atom is 0.327 e. The predicted molar refractivity (Wildman–Crippen MR) is 337 cm³/mol. The fraction of sp³-hybridized carbons (Fsp3) is 0.702. The van der Waals surface area contributed by atoms with Crippen LogP contribution in [0, 0.1) is 5.92 Å². The van der Waals surface area contributed by atoms with Crippen LogP contribution in [-0.2, 0) is 59.2 Å². The minimum atomic E-state index is -1.57. The smallest absolute Gasteiger partial charge is 0.327 e. The van der Waals surface area contributed by atoms with Crippen molar-refractivity contribution in [1.29, 1.82) is 0 Å². The molecule has 1 saturated heterocycles. The number of unbranched alkanes of at least 4 members (excludes halogenated alkanes) is 5. The van der Waals surface area contributed by atoms with Gasteiger partial charge in [0.1, 0.15) is 54.4 Å². The third-order valence-corrected chi connectivity index (χ3v) is 16.2. The zero-order chi connectivity index (χ0) is 66.1. The van der Waals surface area contributed by atoms with Gasteiger partial charge < -0.3 is 97.6 Å². The minimum absolute atomic E-state index is 0.00287. The highest BCUT2D eigenvalue weighted by Crippen LogP contribution is 2.24. The summed E-state index contributed by atoms with van der Waals surface area (Å²) < 4.78 is 0. The third kappa shape index (κ3) is 33.4. The van der Waals surface area contributed by atoms with Crippen molar-refractivity contribution < 1.29 is 68.1 Å². The molecule has 1 aromatic rings. The maximum atomic E-state index is 14.7. The van der Waals surface area contributed by atoms with E-state index >= 15 is 0 Å². The van der Waals surface area contributed by atoms with Crippen molar-refractivity contribution in [2.75, 3.05) is 44.2 Å². The van der Waals surface area contributed by atoms with E-state index in [4.69, 9.17) is 44.3 Å². The Labute approximate surface area is 524 Å². The lowest BCUT2D eigenvalue weighted by atomic mass is 9.99. The molecule has 88 heavy (non-hydrogen) atoms. The van der Waals surface area contributed by atoms with Gasteiger partial charge in [0, 0.05) is 24.9 Å². The van der Waals surface area contributed by atoms with Gasteiger partial charge >= 0.3 is 5.97 Å².